The fourth-order valence-electron chi connectivity index (χ4n) is 1.64. The van der Waals surface area contributed by atoms with Crippen LogP contribution in [-0.2, 0) is 0 Å². The average Bonchev–Trinajstić information content (AvgIpc) is 2.46. The summed E-state index contributed by atoms with van der Waals surface area (Å²) in [5.41, 5.74) is 0.698. The van der Waals surface area contributed by atoms with Crippen LogP contribution in [0.1, 0.15) is 11.7 Å². The van der Waals surface area contributed by atoms with E-state index in [-0.39, 0.29) is 12.2 Å². The van der Waals surface area contributed by atoms with E-state index in [4.69, 9.17) is 0 Å². The van der Waals surface area contributed by atoms with Gasteiger partial charge in [-0.05, 0) is 21.5 Å². The topological polar surface area (TPSA) is 88.3 Å². The van der Waals surface area contributed by atoms with E-state index >= 15 is 0 Å². The number of aliphatic hydroxyl groups excluding tert-OH is 1. The predicted molar refractivity (Wildman–Crippen MR) is 78.5 cm³/mol. The van der Waals surface area contributed by atoms with Gasteiger partial charge in [0, 0.05) is 12.6 Å². The predicted octanol–water partition coefficient (Wildman–Crippen LogP) is 2.90. The monoisotopic (exact) mass is 337 g/mol. The van der Waals surface area contributed by atoms with Crippen molar-refractivity contribution in [3.05, 3.63) is 62.7 Å². The molecule has 6 nitrogen and oxygen atoms in total. The summed E-state index contributed by atoms with van der Waals surface area (Å²) in [6, 6.07) is 10.6. The highest BCUT2D eigenvalue weighted by Crippen LogP contribution is 2.25. The average molecular weight is 338 g/mol. The van der Waals surface area contributed by atoms with Gasteiger partial charge in [0.15, 0.2) is 0 Å². The Kier molecular flexibility index (Phi) is 4.65. The molecule has 0 bridgehead atoms. The van der Waals surface area contributed by atoms with E-state index in [0.29, 0.717) is 10.3 Å². The first-order chi connectivity index (χ1) is 9.58. The van der Waals surface area contributed by atoms with E-state index in [1.54, 1.807) is 0 Å². The normalized spacial score (nSPS) is 11.9. The highest BCUT2D eigenvalue weighted by atomic mass is 79.9. The minimum Gasteiger partial charge on any atom is -0.387 e. The number of rotatable bonds is 5. The van der Waals surface area contributed by atoms with Crippen molar-refractivity contribution in [1.29, 1.82) is 0 Å². The Morgan fingerprint density at radius 2 is 2.10 bits per heavy atom. The van der Waals surface area contributed by atoms with Crippen LogP contribution in [0.25, 0.3) is 0 Å². The van der Waals surface area contributed by atoms with Gasteiger partial charge in [-0.15, -0.1) is 0 Å². The van der Waals surface area contributed by atoms with Crippen LogP contribution in [0, 0.1) is 10.1 Å². The number of aliphatic hydroxyl groups is 1. The van der Waals surface area contributed by atoms with Crippen molar-refractivity contribution in [2.75, 3.05) is 11.9 Å². The molecule has 2 N–H and O–H groups in total. The van der Waals surface area contributed by atoms with Gasteiger partial charge in [0.25, 0.3) is 5.69 Å². The summed E-state index contributed by atoms with van der Waals surface area (Å²) in [4.78, 5) is 14.0. The zero-order valence-electron chi connectivity index (χ0n) is 10.4. The van der Waals surface area contributed by atoms with Crippen LogP contribution in [0.2, 0.25) is 0 Å². The maximum Gasteiger partial charge on any atom is 0.288 e. The quantitative estimate of drug-likeness (QED) is 0.646. The van der Waals surface area contributed by atoms with E-state index in [1.807, 2.05) is 30.3 Å². The third-order valence-electron chi connectivity index (χ3n) is 2.68. The highest BCUT2D eigenvalue weighted by Gasteiger charge is 2.12. The lowest BCUT2D eigenvalue weighted by molar-refractivity contribution is -0.385. The van der Waals surface area contributed by atoms with E-state index < -0.39 is 11.0 Å². The Bertz CT molecular complexity index is 607. The van der Waals surface area contributed by atoms with E-state index in [1.165, 1.54) is 12.3 Å². The van der Waals surface area contributed by atoms with Gasteiger partial charge in [0.1, 0.15) is 12.0 Å². The molecular formula is C13H12BrN3O3. The lowest BCUT2D eigenvalue weighted by Crippen LogP contribution is -2.13. The summed E-state index contributed by atoms with van der Waals surface area (Å²) in [5, 5.41) is 23.5. The Hall–Kier alpha value is -1.99. The van der Waals surface area contributed by atoms with Crippen molar-refractivity contribution in [1.82, 2.24) is 4.98 Å². The molecule has 0 amide bonds. The third-order valence-corrected chi connectivity index (χ3v) is 3.29. The molecule has 0 fully saturated rings. The number of pyridine rings is 1. The smallest absolute Gasteiger partial charge is 0.288 e. The molecule has 1 unspecified atom stereocenters. The summed E-state index contributed by atoms with van der Waals surface area (Å²) in [6.07, 6.45) is 0.488. The summed E-state index contributed by atoms with van der Waals surface area (Å²) in [7, 11) is 0. The first kappa shape index (κ1) is 14.4. The minimum absolute atomic E-state index is 0.0916. The van der Waals surface area contributed by atoms with Crippen molar-refractivity contribution in [3.8, 4) is 0 Å². The molecule has 1 aromatic heterocycles. The van der Waals surface area contributed by atoms with Gasteiger partial charge >= 0.3 is 0 Å². The van der Waals surface area contributed by atoms with Crippen molar-refractivity contribution < 1.29 is 10.0 Å². The van der Waals surface area contributed by atoms with E-state index in [0.717, 1.165) is 5.56 Å². The van der Waals surface area contributed by atoms with Gasteiger partial charge in [0.2, 0.25) is 0 Å². The maximum atomic E-state index is 10.6. The number of benzene rings is 1. The molecule has 1 heterocycles. The van der Waals surface area contributed by atoms with Crippen LogP contribution in [0.15, 0.2) is 47.1 Å². The molecular weight excluding hydrogens is 326 g/mol. The van der Waals surface area contributed by atoms with Crippen molar-refractivity contribution in [2.45, 2.75) is 6.10 Å². The second-order valence-electron chi connectivity index (χ2n) is 4.09. The molecule has 7 heteroatoms. The van der Waals surface area contributed by atoms with Crippen LogP contribution in [-0.4, -0.2) is 21.6 Å². The van der Waals surface area contributed by atoms with Gasteiger partial charge in [-0.3, -0.25) is 10.1 Å². The van der Waals surface area contributed by atoms with Crippen molar-refractivity contribution in [2.24, 2.45) is 0 Å². The molecule has 0 aliphatic heterocycles. The maximum absolute atomic E-state index is 10.6. The van der Waals surface area contributed by atoms with Crippen LogP contribution in [0.3, 0.4) is 0 Å². The standard InChI is InChI=1S/C13H12BrN3O3/c14-11-6-10(17(19)20)7-15-13(11)16-8-12(18)9-4-2-1-3-5-9/h1-7,12,18H,8H2,(H,15,16). The van der Waals surface area contributed by atoms with Crippen LogP contribution in [0.5, 0.6) is 0 Å². The van der Waals surface area contributed by atoms with Crippen molar-refractivity contribution >= 4 is 27.4 Å². The van der Waals surface area contributed by atoms with Gasteiger partial charge in [-0.1, -0.05) is 30.3 Å². The zero-order valence-corrected chi connectivity index (χ0v) is 11.9. The zero-order chi connectivity index (χ0) is 14.5. The lowest BCUT2D eigenvalue weighted by Gasteiger charge is -2.13. The van der Waals surface area contributed by atoms with Gasteiger partial charge < -0.3 is 10.4 Å². The summed E-state index contributed by atoms with van der Waals surface area (Å²) in [6.45, 7) is 0.257. The number of nitrogens with one attached hydrogen (secondary N) is 1. The molecule has 0 saturated carbocycles. The molecule has 20 heavy (non-hydrogen) atoms. The Morgan fingerprint density at radius 1 is 1.40 bits per heavy atom. The molecule has 0 spiro atoms. The van der Waals surface area contributed by atoms with Crippen molar-refractivity contribution in [3.63, 3.8) is 0 Å². The minimum atomic E-state index is -0.680. The van der Waals surface area contributed by atoms with E-state index in [2.05, 4.69) is 26.2 Å². The van der Waals surface area contributed by atoms with Gasteiger partial charge in [-0.25, -0.2) is 4.98 Å². The second-order valence-corrected chi connectivity index (χ2v) is 4.94. The number of hydrogen-bond donors (Lipinski definition) is 2. The molecule has 1 atom stereocenters. The number of anilines is 1. The molecule has 2 aromatic rings. The van der Waals surface area contributed by atoms with Crippen LogP contribution >= 0.6 is 15.9 Å². The molecule has 0 aliphatic carbocycles. The largest absolute Gasteiger partial charge is 0.387 e. The number of nitrogens with zero attached hydrogens (tertiary/aromatic N) is 2. The lowest BCUT2D eigenvalue weighted by atomic mass is 10.1. The first-order valence-electron chi connectivity index (χ1n) is 5.84. The molecule has 2 rings (SSSR count). The highest BCUT2D eigenvalue weighted by molar-refractivity contribution is 9.10. The van der Waals surface area contributed by atoms with Crippen LogP contribution < -0.4 is 5.32 Å². The first-order valence-corrected chi connectivity index (χ1v) is 6.64. The van der Waals surface area contributed by atoms with Gasteiger partial charge in [-0.2, -0.15) is 0 Å². The number of aromatic nitrogens is 1. The number of hydrogen-bond acceptors (Lipinski definition) is 5. The third kappa shape index (κ3) is 3.52. The fraction of sp³-hybridized carbons (Fsp3) is 0.154. The fourth-order valence-corrected chi connectivity index (χ4v) is 2.12. The molecule has 1 aromatic carbocycles. The number of halogens is 1. The number of nitro groups is 1. The summed E-state index contributed by atoms with van der Waals surface area (Å²) < 4.78 is 0.479. The van der Waals surface area contributed by atoms with E-state index in [9.17, 15) is 15.2 Å². The van der Waals surface area contributed by atoms with Crippen LogP contribution in [0.4, 0.5) is 11.5 Å². The second kappa shape index (κ2) is 6.44. The molecule has 0 saturated heterocycles. The summed E-state index contributed by atoms with van der Waals surface area (Å²) in [5.74, 6) is 0.450. The Morgan fingerprint density at radius 3 is 2.70 bits per heavy atom. The van der Waals surface area contributed by atoms with Gasteiger partial charge in [0.05, 0.1) is 15.5 Å². The molecule has 104 valence electrons. The molecule has 0 radical (unpaired) electrons. The Labute approximate surface area is 123 Å². The Balaban J connectivity index is 2.02. The molecule has 0 aliphatic rings. The SMILES string of the molecule is O=[N+]([O-])c1cnc(NCC(O)c2ccccc2)c(Br)c1. The summed E-state index contributed by atoms with van der Waals surface area (Å²) >= 11 is 3.21.